The van der Waals surface area contributed by atoms with Crippen LogP contribution in [0.5, 0.6) is 0 Å². The number of likely N-dealkylation sites (N-methyl/N-ethyl adjacent to an activating group) is 1. The van der Waals surface area contributed by atoms with Crippen molar-refractivity contribution in [3.05, 3.63) is 34.2 Å². The second-order valence-electron chi connectivity index (χ2n) is 5.90. The van der Waals surface area contributed by atoms with E-state index in [2.05, 4.69) is 11.3 Å². The summed E-state index contributed by atoms with van der Waals surface area (Å²) >= 11 is 1.40. The van der Waals surface area contributed by atoms with Gasteiger partial charge in [0.25, 0.3) is 5.91 Å². The predicted octanol–water partition coefficient (Wildman–Crippen LogP) is 1.87. The molecule has 0 aliphatic carbocycles. The second-order valence-corrected chi connectivity index (χ2v) is 8.48. The molecule has 1 aromatic rings. The summed E-state index contributed by atoms with van der Waals surface area (Å²) in [5.41, 5.74) is 0.491. The average Bonchev–Trinajstić information content (AvgIpc) is 3.04. The van der Waals surface area contributed by atoms with Gasteiger partial charge in [-0.3, -0.25) is 4.79 Å². The van der Waals surface area contributed by atoms with Crippen LogP contribution < -0.4 is 0 Å². The highest BCUT2D eigenvalue weighted by molar-refractivity contribution is 7.88. The smallest absolute Gasteiger partial charge is 0.337 e. The second kappa shape index (κ2) is 6.09. The van der Waals surface area contributed by atoms with E-state index in [0.717, 1.165) is 22.0 Å². The maximum absolute atomic E-state index is 12.8. The van der Waals surface area contributed by atoms with Gasteiger partial charge < -0.3 is 4.90 Å². The minimum Gasteiger partial charge on any atom is -0.337 e. The first kappa shape index (κ1) is 16.2. The number of amides is 1. The van der Waals surface area contributed by atoms with Crippen molar-refractivity contribution < 1.29 is 13.2 Å². The Labute approximate surface area is 140 Å². The van der Waals surface area contributed by atoms with E-state index in [1.807, 2.05) is 11.4 Å². The summed E-state index contributed by atoms with van der Waals surface area (Å²) in [5.74, 6) is 0.357. The molecule has 6 nitrogen and oxygen atoms in total. The van der Waals surface area contributed by atoms with Gasteiger partial charge in [-0.2, -0.15) is 8.42 Å². The summed E-state index contributed by atoms with van der Waals surface area (Å²) in [4.78, 5) is 15.2. The lowest BCUT2D eigenvalue weighted by Crippen LogP contribution is -2.44. The first-order valence-electron chi connectivity index (χ1n) is 7.52. The normalized spacial score (nSPS) is 21.8. The largest absolute Gasteiger partial charge is 0.345 e. The van der Waals surface area contributed by atoms with E-state index in [4.69, 9.17) is 0 Å². The Kier molecular flexibility index (Phi) is 4.29. The predicted molar refractivity (Wildman–Crippen MR) is 90.6 cm³/mol. The molecule has 0 N–H and O–H groups in total. The van der Waals surface area contributed by atoms with Crippen LogP contribution in [-0.2, 0) is 15.0 Å². The van der Waals surface area contributed by atoms with E-state index < -0.39 is 10.2 Å². The van der Waals surface area contributed by atoms with E-state index in [1.54, 1.807) is 17.0 Å². The van der Waals surface area contributed by atoms with E-state index in [1.165, 1.54) is 18.4 Å². The van der Waals surface area contributed by atoms with Gasteiger partial charge in [-0.15, -0.1) is 15.7 Å². The molecule has 2 aliphatic rings. The number of allylic oxidation sites excluding steroid dienone is 1. The van der Waals surface area contributed by atoms with Gasteiger partial charge in [0.2, 0.25) is 0 Å². The number of likely N-dealkylation sites (tertiary alicyclic amines) is 1. The van der Waals surface area contributed by atoms with Crippen LogP contribution >= 0.6 is 11.3 Å². The molecule has 0 aromatic carbocycles. The number of carbonyl (C=O) groups is 1. The van der Waals surface area contributed by atoms with E-state index in [9.17, 15) is 13.2 Å². The SMILES string of the molecule is CC1CCN(C(=O)C2=CC(c3cccs3)=NS(=O)(=O)N2C)CC1. The Hall–Kier alpha value is -1.67. The molecule has 1 amide bonds. The molecule has 1 saturated heterocycles. The van der Waals surface area contributed by atoms with Crippen molar-refractivity contribution >= 4 is 33.2 Å². The van der Waals surface area contributed by atoms with Gasteiger partial charge in [0.05, 0.1) is 10.6 Å². The summed E-state index contributed by atoms with van der Waals surface area (Å²) in [7, 11) is -2.49. The first-order valence-corrected chi connectivity index (χ1v) is 9.80. The molecule has 8 heteroatoms. The van der Waals surface area contributed by atoms with Gasteiger partial charge in [0.1, 0.15) is 5.70 Å². The van der Waals surface area contributed by atoms with Crippen LogP contribution in [0.4, 0.5) is 0 Å². The molecule has 0 unspecified atom stereocenters. The van der Waals surface area contributed by atoms with Crippen molar-refractivity contribution in [2.45, 2.75) is 19.8 Å². The standard InChI is InChI=1S/C15H19N3O3S2/c1-11-5-7-18(8-6-11)15(19)13-10-12(14-4-3-9-22-14)16-23(20,21)17(13)2/h3-4,9-11H,5-8H2,1-2H3. The molecule has 124 valence electrons. The third-order valence-corrected chi connectivity index (χ3v) is 6.44. The van der Waals surface area contributed by atoms with Crippen molar-refractivity contribution in [1.29, 1.82) is 0 Å². The van der Waals surface area contributed by atoms with Crippen LogP contribution in [0.2, 0.25) is 0 Å². The van der Waals surface area contributed by atoms with Gasteiger partial charge in [-0.1, -0.05) is 13.0 Å². The van der Waals surface area contributed by atoms with Gasteiger partial charge in [-0.25, -0.2) is 4.31 Å². The number of carbonyl (C=O) groups excluding carboxylic acids is 1. The summed E-state index contributed by atoms with van der Waals surface area (Å²) < 4.78 is 29.3. The minimum atomic E-state index is -3.87. The Bertz CT molecular complexity index is 758. The van der Waals surface area contributed by atoms with Gasteiger partial charge in [-0.05, 0) is 36.3 Å². The number of thiophene rings is 1. The zero-order valence-corrected chi connectivity index (χ0v) is 14.7. The fraction of sp³-hybridized carbons (Fsp3) is 0.467. The summed E-state index contributed by atoms with van der Waals surface area (Å²) in [5, 5.41) is 1.85. The molecule has 2 aliphatic heterocycles. The van der Waals surface area contributed by atoms with Crippen molar-refractivity contribution in [2.24, 2.45) is 10.3 Å². The van der Waals surface area contributed by atoms with E-state index in [-0.39, 0.29) is 11.6 Å². The summed E-state index contributed by atoms with van der Waals surface area (Å²) in [6.45, 7) is 3.49. The molecule has 0 bridgehead atoms. The van der Waals surface area contributed by atoms with Gasteiger partial charge >= 0.3 is 10.2 Å². The van der Waals surface area contributed by atoms with Crippen LogP contribution in [0.3, 0.4) is 0 Å². The molecule has 0 radical (unpaired) electrons. The van der Waals surface area contributed by atoms with Gasteiger partial charge in [0, 0.05) is 20.1 Å². The maximum atomic E-state index is 12.8. The highest BCUT2D eigenvalue weighted by Gasteiger charge is 2.33. The van der Waals surface area contributed by atoms with Crippen molar-refractivity contribution in [3.8, 4) is 0 Å². The van der Waals surface area contributed by atoms with Crippen LogP contribution in [-0.4, -0.2) is 49.4 Å². The number of rotatable bonds is 2. The highest BCUT2D eigenvalue weighted by Crippen LogP contribution is 2.25. The Morgan fingerprint density at radius 2 is 2.04 bits per heavy atom. The first-order chi connectivity index (χ1) is 10.9. The minimum absolute atomic E-state index is 0.165. The lowest BCUT2D eigenvalue weighted by Gasteiger charge is -2.33. The van der Waals surface area contributed by atoms with Crippen LogP contribution in [0.25, 0.3) is 0 Å². The summed E-state index contributed by atoms with van der Waals surface area (Å²) in [6, 6.07) is 3.63. The Morgan fingerprint density at radius 1 is 1.35 bits per heavy atom. The number of piperidine rings is 1. The topological polar surface area (TPSA) is 70.0 Å². The summed E-state index contributed by atoms with van der Waals surface area (Å²) in [6.07, 6.45) is 3.47. The van der Waals surface area contributed by atoms with Gasteiger partial charge in [0.15, 0.2) is 0 Å². The molecule has 0 atom stereocenters. The monoisotopic (exact) mass is 353 g/mol. The zero-order valence-electron chi connectivity index (χ0n) is 13.1. The quantitative estimate of drug-likeness (QED) is 0.815. The fourth-order valence-electron chi connectivity index (χ4n) is 2.67. The molecule has 3 rings (SSSR count). The maximum Gasteiger partial charge on any atom is 0.345 e. The van der Waals surface area contributed by atoms with Crippen LogP contribution in [0, 0.1) is 5.92 Å². The van der Waals surface area contributed by atoms with Crippen molar-refractivity contribution in [3.63, 3.8) is 0 Å². The van der Waals surface area contributed by atoms with E-state index >= 15 is 0 Å². The molecule has 0 saturated carbocycles. The molecule has 0 spiro atoms. The number of hydrogen-bond donors (Lipinski definition) is 0. The van der Waals surface area contributed by atoms with Crippen LogP contribution in [0.15, 0.2) is 33.7 Å². The van der Waals surface area contributed by atoms with E-state index in [0.29, 0.717) is 24.7 Å². The van der Waals surface area contributed by atoms with Crippen molar-refractivity contribution in [1.82, 2.24) is 9.21 Å². The van der Waals surface area contributed by atoms with Crippen LogP contribution in [0.1, 0.15) is 24.6 Å². The third kappa shape index (κ3) is 3.18. The number of nitrogens with zero attached hydrogens (tertiary/aromatic N) is 3. The molecule has 1 fully saturated rings. The Balaban J connectivity index is 1.93. The lowest BCUT2D eigenvalue weighted by atomic mass is 9.99. The molecule has 3 heterocycles. The molecule has 23 heavy (non-hydrogen) atoms. The Morgan fingerprint density at radius 3 is 2.65 bits per heavy atom. The number of hydrogen-bond acceptors (Lipinski definition) is 4. The molecular formula is C15H19N3O3S2. The molecular weight excluding hydrogens is 334 g/mol. The highest BCUT2D eigenvalue weighted by atomic mass is 32.2. The third-order valence-electron chi connectivity index (χ3n) is 4.24. The molecule has 1 aromatic heterocycles. The fourth-order valence-corrected chi connectivity index (χ4v) is 4.31. The average molecular weight is 353 g/mol. The van der Waals surface area contributed by atoms with Crippen molar-refractivity contribution in [2.75, 3.05) is 20.1 Å². The zero-order chi connectivity index (χ0) is 16.6. The lowest BCUT2D eigenvalue weighted by molar-refractivity contribution is -0.129.